The molecule has 0 spiro atoms. The number of likely N-dealkylation sites (tertiary alicyclic amines) is 1. The van der Waals surface area contributed by atoms with Crippen LogP contribution in [0.4, 0.5) is 4.79 Å². The Morgan fingerprint density at radius 3 is 2.18 bits per heavy atom. The van der Waals surface area contributed by atoms with E-state index in [0.29, 0.717) is 25.8 Å². The molecule has 5 amide bonds. The zero-order valence-electron chi connectivity index (χ0n) is 23.8. The van der Waals surface area contributed by atoms with Crippen molar-refractivity contribution in [3.8, 4) is 0 Å². The molecule has 0 aromatic heterocycles. The maximum atomic E-state index is 14.0. The first-order chi connectivity index (χ1) is 18.1. The van der Waals surface area contributed by atoms with E-state index < -0.39 is 52.7 Å². The average molecular weight is 548 g/mol. The molecule has 11 heteroatoms. The Kier molecular flexibility index (Phi) is 7.79. The molecule has 0 aromatic rings. The third kappa shape index (κ3) is 5.93. The molecule has 39 heavy (non-hydrogen) atoms. The van der Waals surface area contributed by atoms with E-state index in [-0.39, 0.29) is 35.7 Å². The SMILES string of the molecule is CC(C)(C)[C@H](NC(=O)NC1(CO)CCCC1)C(=O)N1C[C@H]2[C@@H](C1C(=O)NC(CC1CC1)C(=O)C(N)=O)C2(C)C. The van der Waals surface area contributed by atoms with Gasteiger partial charge >= 0.3 is 6.03 Å². The lowest BCUT2D eigenvalue weighted by Crippen LogP contribution is -2.63. The lowest BCUT2D eigenvalue weighted by atomic mass is 9.85. The first-order valence-electron chi connectivity index (χ1n) is 14.3. The van der Waals surface area contributed by atoms with Crippen LogP contribution in [-0.4, -0.2) is 76.4 Å². The van der Waals surface area contributed by atoms with E-state index in [4.69, 9.17) is 5.73 Å². The number of carbonyl (C=O) groups excluding carboxylic acids is 5. The summed E-state index contributed by atoms with van der Waals surface area (Å²) in [6.07, 6.45) is 5.38. The largest absolute Gasteiger partial charge is 0.394 e. The second-order valence-electron chi connectivity index (χ2n) is 13.9. The lowest BCUT2D eigenvalue weighted by Gasteiger charge is -2.38. The van der Waals surface area contributed by atoms with Crippen LogP contribution in [0.5, 0.6) is 0 Å². The summed E-state index contributed by atoms with van der Waals surface area (Å²) in [4.78, 5) is 66.5. The number of Topliss-reactive ketones (excluding diaryl/α,β-unsaturated/α-hetero) is 1. The quantitative estimate of drug-likeness (QED) is 0.254. The minimum atomic E-state index is -1.09. The monoisotopic (exact) mass is 547 g/mol. The Bertz CT molecular complexity index is 1030. The second kappa shape index (κ2) is 10.4. The van der Waals surface area contributed by atoms with Crippen LogP contribution in [0.1, 0.15) is 79.6 Å². The molecule has 0 bridgehead atoms. The number of piperidine rings is 1. The summed E-state index contributed by atoms with van der Waals surface area (Å²) in [6.45, 7) is 9.85. The van der Waals surface area contributed by atoms with Gasteiger partial charge in [0.2, 0.25) is 17.6 Å². The standard InChI is InChI=1S/C28H45N5O6/c1-26(2,3)21(31-25(39)32-28(14-34)10-6-7-11-28)24(38)33-13-16-18(27(16,4)5)19(33)23(37)30-17(12-15-8-9-15)20(35)22(29)36/h15-19,21,34H,6-14H2,1-5H3,(H2,29,36)(H,30,37)(H2,31,32,39)/t16-,17?,18-,19?,21+/m0/s1. The van der Waals surface area contributed by atoms with Gasteiger partial charge in [-0.05, 0) is 47.8 Å². The summed E-state index contributed by atoms with van der Waals surface area (Å²) in [5.74, 6) is -2.48. The zero-order valence-corrected chi connectivity index (χ0v) is 23.8. The molecule has 3 aliphatic carbocycles. The number of nitrogens with two attached hydrogens (primary N) is 1. The molecule has 11 nitrogen and oxygen atoms in total. The first kappa shape index (κ1) is 29.3. The molecule has 5 atom stereocenters. The Morgan fingerprint density at radius 1 is 1.05 bits per heavy atom. The second-order valence-corrected chi connectivity index (χ2v) is 13.9. The van der Waals surface area contributed by atoms with Gasteiger partial charge in [0.05, 0.1) is 18.2 Å². The van der Waals surface area contributed by atoms with E-state index in [1.165, 1.54) is 4.90 Å². The molecule has 3 saturated carbocycles. The number of fused-ring (bicyclic) bond motifs is 1. The Hall–Kier alpha value is -2.69. The van der Waals surface area contributed by atoms with Crippen molar-refractivity contribution in [2.75, 3.05) is 13.2 Å². The highest BCUT2D eigenvalue weighted by atomic mass is 16.3. The molecule has 4 fully saturated rings. The number of nitrogens with zero attached hydrogens (tertiary/aromatic N) is 1. The fourth-order valence-electron chi connectivity index (χ4n) is 6.76. The molecule has 1 saturated heterocycles. The third-order valence-electron chi connectivity index (χ3n) is 9.53. The molecule has 1 heterocycles. The normalized spacial score (nSPS) is 28.2. The maximum Gasteiger partial charge on any atom is 0.315 e. The van der Waals surface area contributed by atoms with E-state index in [2.05, 4.69) is 29.8 Å². The van der Waals surface area contributed by atoms with E-state index in [1.807, 2.05) is 20.8 Å². The van der Waals surface area contributed by atoms with E-state index in [0.717, 1.165) is 25.7 Å². The fourth-order valence-corrected chi connectivity index (χ4v) is 6.76. The molecule has 0 radical (unpaired) electrons. The predicted octanol–water partition coefficient (Wildman–Crippen LogP) is 0.828. The van der Waals surface area contributed by atoms with Gasteiger partial charge in [0.25, 0.3) is 5.91 Å². The molecule has 218 valence electrons. The van der Waals surface area contributed by atoms with Gasteiger partial charge in [-0.2, -0.15) is 0 Å². The summed E-state index contributed by atoms with van der Waals surface area (Å²) in [5, 5.41) is 18.4. The molecular weight excluding hydrogens is 502 g/mol. The molecule has 4 aliphatic rings. The summed E-state index contributed by atoms with van der Waals surface area (Å²) in [6, 6.07) is -3.29. The summed E-state index contributed by atoms with van der Waals surface area (Å²) < 4.78 is 0. The van der Waals surface area contributed by atoms with Gasteiger partial charge in [-0.25, -0.2) is 4.79 Å². The minimum absolute atomic E-state index is 0.0997. The van der Waals surface area contributed by atoms with Crippen LogP contribution in [0.25, 0.3) is 0 Å². The summed E-state index contributed by atoms with van der Waals surface area (Å²) >= 11 is 0. The van der Waals surface area contributed by atoms with Crippen LogP contribution < -0.4 is 21.7 Å². The summed E-state index contributed by atoms with van der Waals surface area (Å²) in [5.41, 5.74) is 3.74. The number of nitrogens with one attached hydrogen (secondary N) is 3. The number of aliphatic hydroxyl groups is 1. The highest BCUT2D eigenvalue weighted by molar-refractivity contribution is 6.37. The van der Waals surface area contributed by atoms with Crippen LogP contribution in [0.3, 0.4) is 0 Å². The Balaban J connectivity index is 1.53. The summed E-state index contributed by atoms with van der Waals surface area (Å²) in [7, 11) is 0. The first-order valence-corrected chi connectivity index (χ1v) is 14.3. The van der Waals surface area contributed by atoms with Crippen molar-refractivity contribution in [3.63, 3.8) is 0 Å². The molecular formula is C28H45N5O6. The van der Waals surface area contributed by atoms with Crippen molar-refractivity contribution >= 4 is 29.5 Å². The highest BCUT2D eigenvalue weighted by Crippen LogP contribution is 2.65. The van der Waals surface area contributed by atoms with Crippen LogP contribution in [-0.2, 0) is 19.2 Å². The number of urea groups is 1. The fraction of sp³-hybridized carbons (Fsp3) is 0.821. The van der Waals surface area contributed by atoms with Gasteiger partial charge in [0.1, 0.15) is 12.1 Å². The number of carbonyl (C=O) groups is 5. The van der Waals surface area contributed by atoms with Crippen LogP contribution >= 0.6 is 0 Å². The zero-order chi connectivity index (χ0) is 28.9. The van der Waals surface area contributed by atoms with Gasteiger partial charge in [-0.3, -0.25) is 19.2 Å². The number of amides is 5. The molecule has 1 aliphatic heterocycles. The van der Waals surface area contributed by atoms with Gasteiger partial charge in [-0.1, -0.05) is 60.3 Å². The third-order valence-corrected chi connectivity index (χ3v) is 9.53. The van der Waals surface area contributed by atoms with Crippen molar-refractivity contribution in [2.45, 2.75) is 103 Å². The highest BCUT2D eigenvalue weighted by Gasteiger charge is 2.70. The van der Waals surface area contributed by atoms with E-state index >= 15 is 0 Å². The molecule has 2 unspecified atom stereocenters. The number of aliphatic hydroxyl groups excluding tert-OH is 1. The van der Waals surface area contributed by atoms with Crippen molar-refractivity contribution < 1.29 is 29.1 Å². The number of primary amides is 1. The van der Waals surface area contributed by atoms with E-state index in [1.54, 1.807) is 0 Å². The molecule has 0 aromatic carbocycles. The topological polar surface area (TPSA) is 171 Å². The predicted molar refractivity (Wildman–Crippen MR) is 143 cm³/mol. The smallest absolute Gasteiger partial charge is 0.315 e. The van der Waals surface area contributed by atoms with Crippen LogP contribution in [0.2, 0.25) is 0 Å². The Morgan fingerprint density at radius 2 is 1.67 bits per heavy atom. The van der Waals surface area contributed by atoms with Gasteiger partial charge < -0.3 is 31.7 Å². The van der Waals surface area contributed by atoms with Crippen LogP contribution in [0, 0.1) is 28.6 Å². The molecule has 6 N–H and O–H groups in total. The van der Waals surface area contributed by atoms with Crippen molar-refractivity contribution in [3.05, 3.63) is 0 Å². The van der Waals surface area contributed by atoms with Gasteiger partial charge in [0, 0.05) is 6.54 Å². The number of hydrogen-bond acceptors (Lipinski definition) is 6. The average Bonchev–Trinajstić information content (AvgIpc) is 3.59. The van der Waals surface area contributed by atoms with Gasteiger partial charge in [0.15, 0.2) is 0 Å². The minimum Gasteiger partial charge on any atom is -0.394 e. The lowest BCUT2D eigenvalue weighted by molar-refractivity contribution is -0.145. The van der Waals surface area contributed by atoms with E-state index in [9.17, 15) is 29.1 Å². The van der Waals surface area contributed by atoms with Crippen molar-refractivity contribution in [1.82, 2.24) is 20.9 Å². The number of ketones is 1. The molecule has 4 rings (SSSR count). The maximum absolute atomic E-state index is 14.0. The number of rotatable bonds is 10. The van der Waals surface area contributed by atoms with Gasteiger partial charge in [-0.15, -0.1) is 0 Å². The number of hydrogen-bond donors (Lipinski definition) is 5. The van der Waals surface area contributed by atoms with Crippen molar-refractivity contribution in [1.29, 1.82) is 0 Å². The van der Waals surface area contributed by atoms with Crippen LogP contribution in [0.15, 0.2) is 0 Å². The Labute approximate surface area is 230 Å². The van der Waals surface area contributed by atoms with Crippen molar-refractivity contribution in [2.24, 2.45) is 34.3 Å².